The molecular weight excluding hydrogens is 350 g/mol. The molecule has 3 aliphatic rings. The summed E-state index contributed by atoms with van der Waals surface area (Å²) in [6.45, 7) is 12.3. The van der Waals surface area contributed by atoms with Crippen LogP contribution in [0.25, 0.3) is 0 Å². The Morgan fingerprint density at radius 2 is 1.64 bits per heavy atom. The Bertz CT molecular complexity index is 654. The van der Waals surface area contributed by atoms with Gasteiger partial charge >= 0.3 is 0 Å². The van der Waals surface area contributed by atoms with Gasteiger partial charge in [0.05, 0.1) is 6.54 Å². The summed E-state index contributed by atoms with van der Waals surface area (Å²) >= 11 is 0. The number of rotatable bonds is 6. The molecule has 0 amide bonds. The van der Waals surface area contributed by atoms with Gasteiger partial charge in [0.25, 0.3) is 0 Å². The van der Waals surface area contributed by atoms with E-state index in [0.717, 1.165) is 51.5 Å². The lowest BCUT2D eigenvalue weighted by Crippen LogP contribution is -2.54. The van der Waals surface area contributed by atoms with Crippen LogP contribution < -0.4 is 4.90 Å². The fourth-order valence-electron chi connectivity index (χ4n) is 5.08. The molecule has 28 heavy (non-hydrogen) atoms. The molecule has 0 spiro atoms. The van der Waals surface area contributed by atoms with E-state index in [1.807, 2.05) is 13.8 Å². The van der Waals surface area contributed by atoms with Crippen LogP contribution in [0, 0.1) is 5.92 Å². The molecule has 3 aliphatic heterocycles. The molecule has 154 valence electrons. The molecule has 0 saturated carbocycles. The third kappa shape index (κ3) is 4.08. The SMILES string of the molecule is CCN1CC2CCC(C1)N2c1ncc(C2CCN(CC(=O)C(C)C)CC2)cn1. The van der Waals surface area contributed by atoms with Crippen LogP contribution in [0.2, 0.25) is 0 Å². The van der Waals surface area contributed by atoms with Crippen LogP contribution in [0.1, 0.15) is 57.9 Å². The second-order valence-corrected chi connectivity index (χ2v) is 9.13. The van der Waals surface area contributed by atoms with Gasteiger partial charge in [-0.2, -0.15) is 0 Å². The molecule has 0 aliphatic carbocycles. The van der Waals surface area contributed by atoms with Gasteiger partial charge in [-0.15, -0.1) is 0 Å². The zero-order valence-corrected chi connectivity index (χ0v) is 17.7. The summed E-state index contributed by atoms with van der Waals surface area (Å²) in [6, 6.07) is 1.15. The summed E-state index contributed by atoms with van der Waals surface area (Å²) in [6.07, 6.45) is 8.84. The number of aromatic nitrogens is 2. The molecule has 2 bridgehead atoms. The van der Waals surface area contributed by atoms with Gasteiger partial charge in [0.1, 0.15) is 5.78 Å². The van der Waals surface area contributed by atoms with E-state index in [1.165, 1.54) is 18.4 Å². The van der Waals surface area contributed by atoms with E-state index in [0.29, 0.717) is 30.3 Å². The van der Waals surface area contributed by atoms with Crippen LogP contribution in [-0.2, 0) is 4.79 Å². The highest BCUT2D eigenvalue weighted by atomic mass is 16.1. The Hall–Kier alpha value is -1.53. The fourth-order valence-corrected chi connectivity index (χ4v) is 5.08. The van der Waals surface area contributed by atoms with Crippen molar-refractivity contribution in [1.82, 2.24) is 19.8 Å². The lowest BCUT2D eigenvalue weighted by molar-refractivity contribution is -0.123. The van der Waals surface area contributed by atoms with Gasteiger partial charge in [-0.1, -0.05) is 20.8 Å². The first-order valence-corrected chi connectivity index (χ1v) is 11.1. The van der Waals surface area contributed by atoms with Crippen LogP contribution in [0.3, 0.4) is 0 Å². The maximum absolute atomic E-state index is 12.0. The molecular formula is C22H35N5O. The molecule has 4 heterocycles. The van der Waals surface area contributed by atoms with Crippen molar-refractivity contribution in [3.63, 3.8) is 0 Å². The molecule has 1 aromatic rings. The summed E-state index contributed by atoms with van der Waals surface area (Å²) in [5.41, 5.74) is 1.26. The second kappa shape index (κ2) is 8.46. The van der Waals surface area contributed by atoms with Crippen molar-refractivity contribution in [2.75, 3.05) is 44.2 Å². The van der Waals surface area contributed by atoms with Gasteiger partial charge in [0.15, 0.2) is 0 Å². The zero-order valence-electron chi connectivity index (χ0n) is 17.7. The van der Waals surface area contributed by atoms with Crippen molar-refractivity contribution in [2.24, 2.45) is 5.92 Å². The molecule has 0 radical (unpaired) electrons. The number of fused-ring (bicyclic) bond motifs is 2. The summed E-state index contributed by atoms with van der Waals surface area (Å²) in [4.78, 5) is 28.9. The molecule has 2 atom stereocenters. The Kier molecular flexibility index (Phi) is 5.97. The van der Waals surface area contributed by atoms with Crippen LogP contribution >= 0.6 is 0 Å². The van der Waals surface area contributed by atoms with Gasteiger partial charge < -0.3 is 4.90 Å². The van der Waals surface area contributed by atoms with Gasteiger partial charge in [-0.3, -0.25) is 14.6 Å². The van der Waals surface area contributed by atoms with Gasteiger partial charge in [-0.05, 0) is 56.8 Å². The number of likely N-dealkylation sites (N-methyl/N-ethyl adjacent to an activating group) is 1. The van der Waals surface area contributed by atoms with Crippen LogP contribution in [0.4, 0.5) is 5.95 Å². The quantitative estimate of drug-likeness (QED) is 0.750. The minimum atomic E-state index is 0.133. The minimum Gasteiger partial charge on any atom is -0.332 e. The second-order valence-electron chi connectivity index (χ2n) is 9.13. The van der Waals surface area contributed by atoms with Crippen molar-refractivity contribution in [2.45, 2.75) is 64.5 Å². The number of carbonyl (C=O) groups is 1. The molecule has 6 nitrogen and oxygen atoms in total. The number of ketones is 1. The Morgan fingerprint density at radius 1 is 1.04 bits per heavy atom. The summed E-state index contributed by atoms with van der Waals surface area (Å²) in [7, 11) is 0. The molecule has 4 rings (SSSR count). The topological polar surface area (TPSA) is 52.6 Å². The van der Waals surface area contributed by atoms with Crippen LogP contribution in [-0.4, -0.2) is 76.9 Å². The average molecular weight is 386 g/mol. The highest BCUT2D eigenvalue weighted by molar-refractivity contribution is 5.82. The predicted octanol–water partition coefficient (Wildman–Crippen LogP) is 2.55. The molecule has 3 fully saturated rings. The summed E-state index contributed by atoms with van der Waals surface area (Å²) in [5.74, 6) is 1.93. The number of hydrogen-bond donors (Lipinski definition) is 0. The van der Waals surface area contributed by atoms with Crippen molar-refractivity contribution < 1.29 is 4.79 Å². The third-order valence-electron chi connectivity index (χ3n) is 6.98. The highest BCUT2D eigenvalue weighted by Gasteiger charge is 2.40. The number of hydrogen-bond acceptors (Lipinski definition) is 6. The number of likely N-dealkylation sites (tertiary alicyclic amines) is 2. The predicted molar refractivity (Wildman–Crippen MR) is 112 cm³/mol. The van der Waals surface area contributed by atoms with Crippen LogP contribution in [0.15, 0.2) is 12.4 Å². The zero-order chi connectivity index (χ0) is 19.7. The maximum Gasteiger partial charge on any atom is 0.225 e. The first-order chi connectivity index (χ1) is 13.5. The Labute approximate surface area is 169 Å². The molecule has 2 unspecified atom stereocenters. The van der Waals surface area contributed by atoms with E-state index in [-0.39, 0.29) is 5.92 Å². The van der Waals surface area contributed by atoms with Crippen molar-refractivity contribution in [1.29, 1.82) is 0 Å². The molecule has 0 aromatic carbocycles. The van der Waals surface area contributed by atoms with Gasteiger partial charge in [0.2, 0.25) is 5.95 Å². The van der Waals surface area contributed by atoms with E-state index in [2.05, 4.69) is 34.0 Å². The van der Waals surface area contributed by atoms with Crippen LogP contribution in [0.5, 0.6) is 0 Å². The number of anilines is 1. The number of piperazine rings is 1. The largest absolute Gasteiger partial charge is 0.332 e. The maximum atomic E-state index is 12.0. The smallest absolute Gasteiger partial charge is 0.225 e. The van der Waals surface area contributed by atoms with E-state index in [4.69, 9.17) is 9.97 Å². The number of Topliss-reactive ketones (excluding diaryl/α,β-unsaturated/α-hetero) is 1. The normalized spacial score (nSPS) is 26.9. The monoisotopic (exact) mass is 385 g/mol. The van der Waals surface area contributed by atoms with E-state index >= 15 is 0 Å². The van der Waals surface area contributed by atoms with Crippen molar-refractivity contribution >= 4 is 11.7 Å². The minimum absolute atomic E-state index is 0.133. The number of piperidine rings is 1. The third-order valence-corrected chi connectivity index (χ3v) is 6.98. The van der Waals surface area contributed by atoms with Crippen molar-refractivity contribution in [3.8, 4) is 0 Å². The van der Waals surface area contributed by atoms with Gasteiger partial charge in [-0.25, -0.2) is 9.97 Å². The fraction of sp³-hybridized carbons (Fsp3) is 0.773. The standard InChI is InChI=1S/C22H35N5O/c1-4-25-13-19-5-6-20(14-25)27(19)22-23-11-18(12-24-22)17-7-9-26(10-8-17)15-21(28)16(2)3/h11-12,16-17,19-20H,4-10,13-15H2,1-3H3. The molecule has 6 heteroatoms. The summed E-state index contributed by atoms with van der Waals surface area (Å²) in [5, 5.41) is 0. The number of carbonyl (C=O) groups excluding carboxylic acids is 1. The summed E-state index contributed by atoms with van der Waals surface area (Å²) < 4.78 is 0. The number of nitrogens with zero attached hydrogens (tertiary/aromatic N) is 5. The van der Waals surface area contributed by atoms with E-state index < -0.39 is 0 Å². The first kappa shape index (κ1) is 19.8. The Morgan fingerprint density at radius 3 is 2.18 bits per heavy atom. The Balaban J connectivity index is 1.34. The first-order valence-electron chi connectivity index (χ1n) is 11.1. The average Bonchev–Trinajstić information content (AvgIpc) is 2.98. The molecule has 0 N–H and O–H groups in total. The van der Waals surface area contributed by atoms with Gasteiger partial charge in [0, 0.05) is 43.5 Å². The molecule has 1 aromatic heterocycles. The van der Waals surface area contributed by atoms with Crippen molar-refractivity contribution in [3.05, 3.63) is 18.0 Å². The molecule has 3 saturated heterocycles. The van der Waals surface area contributed by atoms with E-state index in [9.17, 15) is 4.79 Å². The van der Waals surface area contributed by atoms with E-state index in [1.54, 1.807) is 0 Å². The highest BCUT2D eigenvalue weighted by Crippen LogP contribution is 2.34. The lowest BCUT2D eigenvalue weighted by atomic mass is 9.91. The lowest BCUT2D eigenvalue weighted by Gasteiger charge is -2.40.